The van der Waals surface area contributed by atoms with Gasteiger partial charge in [-0.05, 0) is 68.3 Å². The van der Waals surface area contributed by atoms with Crippen molar-refractivity contribution in [2.24, 2.45) is 0 Å². The second kappa shape index (κ2) is 8.42. The highest BCUT2D eigenvalue weighted by Crippen LogP contribution is 2.31. The fourth-order valence-electron chi connectivity index (χ4n) is 3.78. The molecule has 0 radical (unpaired) electrons. The minimum Gasteiger partial charge on any atom is -0.468 e. The number of pyridine rings is 1. The van der Waals surface area contributed by atoms with Gasteiger partial charge in [0.05, 0.1) is 30.1 Å². The van der Waals surface area contributed by atoms with Crippen molar-refractivity contribution in [1.29, 1.82) is 0 Å². The van der Waals surface area contributed by atoms with Crippen LogP contribution in [0.25, 0.3) is 0 Å². The van der Waals surface area contributed by atoms with Crippen LogP contribution < -0.4 is 0 Å². The number of rotatable bonds is 7. The molecule has 8 nitrogen and oxygen atoms in total. The molecule has 8 heteroatoms. The van der Waals surface area contributed by atoms with Crippen LogP contribution in [0.3, 0.4) is 0 Å². The minimum absolute atomic E-state index is 0.176. The van der Waals surface area contributed by atoms with Gasteiger partial charge in [-0.1, -0.05) is 6.07 Å². The summed E-state index contributed by atoms with van der Waals surface area (Å²) in [5.74, 6) is 1.65. The second-order valence-electron chi connectivity index (χ2n) is 8.42. The highest BCUT2D eigenvalue weighted by Gasteiger charge is 2.34. The maximum Gasteiger partial charge on any atom is 0.175 e. The van der Waals surface area contributed by atoms with Crippen LogP contribution in [0.4, 0.5) is 0 Å². The Labute approximate surface area is 170 Å². The summed E-state index contributed by atoms with van der Waals surface area (Å²) in [4.78, 5) is 6.97. The molecule has 3 aromatic heterocycles. The average molecular weight is 396 g/mol. The van der Waals surface area contributed by atoms with Gasteiger partial charge in [0.1, 0.15) is 11.8 Å². The van der Waals surface area contributed by atoms with Gasteiger partial charge in [0.25, 0.3) is 0 Å². The molecule has 1 saturated heterocycles. The maximum absolute atomic E-state index is 5.95. The Balaban J connectivity index is 1.76. The van der Waals surface area contributed by atoms with Gasteiger partial charge < -0.3 is 9.15 Å². The van der Waals surface area contributed by atoms with Gasteiger partial charge in [-0.3, -0.25) is 9.88 Å². The Hall–Kier alpha value is -2.58. The average Bonchev–Trinajstić information content (AvgIpc) is 3.45. The van der Waals surface area contributed by atoms with E-state index in [1.807, 2.05) is 41.2 Å². The van der Waals surface area contributed by atoms with E-state index in [0.29, 0.717) is 6.54 Å². The van der Waals surface area contributed by atoms with Gasteiger partial charge in [-0.25, -0.2) is 4.68 Å². The molecule has 1 aliphatic rings. The smallest absolute Gasteiger partial charge is 0.175 e. The van der Waals surface area contributed by atoms with Crippen molar-refractivity contribution in [3.63, 3.8) is 0 Å². The van der Waals surface area contributed by atoms with Gasteiger partial charge in [0, 0.05) is 19.3 Å². The second-order valence-corrected chi connectivity index (χ2v) is 8.42. The van der Waals surface area contributed by atoms with Crippen molar-refractivity contribution in [2.75, 3.05) is 13.2 Å². The lowest BCUT2D eigenvalue weighted by Crippen LogP contribution is -2.39. The number of hydrogen-bond donors (Lipinski definition) is 0. The quantitative estimate of drug-likeness (QED) is 0.606. The van der Waals surface area contributed by atoms with E-state index < -0.39 is 0 Å². The summed E-state index contributed by atoms with van der Waals surface area (Å²) < 4.78 is 13.5. The van der Waals surface area contributed by atoms with Crippen LogP contribution >= 0.6 is 0 Å². The minimum atomic E-state index is -0.258. The maximum atomic E-state index is 5.95. The molecule has 4 heterocycles. The zero-order valence-electron chi connectivity index (χ0n) is 17.2. The van der Waals surface area contributed by atoms with Crippen molar-refractivity contribution < 1.29 is 9.15 Å². The van der Waals surface area contributed by atoms with Gasteiger partial charge in [-0.2, -0.15) is 0 Å². The van der Waals surface area contributed by atoms with Crippen molar-refractivity contribution >= 4 is 0 Å². The molecule has 4 rings (SSSR count). The van der Waals surface area contributed by atoms with E-state index >= 15 is 0 Å². The fourth-order valence-corrected chi connectivity index (χ4v) is 3.78. The van der Waals surface area contributed by atoms with Gasteiger partial charge in [0.2, 0.25) is 0 Å². The number of nitrogens with zero attached hydrogens (tertiary/aromatic N) is 6. The predicted molar refractivity (Wildman–Crippen MR) is 107 cm³/mol. The van der Waals surface area contributed by atoms with Gasteiger partial charge in [-0.15, -0.1) is 5.10 Å². The first-order valence-corrected chi connectivity index (χ1v) is 10.1. The lowest BCUT2D eigenvalue weighted by molar-refractivity contribution is 0.0531. The molecule has 2 atom stereocenters. The van der Waals surface area contributed by atoms with Crippen molar-refractivity contribution in [3.05, 3.63) is 60.1 Å². The van der Waals surface area contributed by atoms with Crippen LogP contribution in [-0.4, -0.2) is 49.3 Å². The van der Waals surface area contributed by atoms with E-state index in [1.165, 1.54) is 0 Å². The first-order valence-electron chi connectivity index (χ1n) is 10.1. The fraction of sp³-hybridized carbons (Fsp3) is 0.524. The summed E-state index contributed by atoms with van der Waals surface area (Å²) in [5.41, 5.74) is 0.642. The van der Waals surface area contributed by atoms with Gasteiger partial charge >= 0.3 is 0 Å². The SMILES string of the molecule is CC(C)(C)n1nnnc1[C@@H](c1ccccn1)N(Cc1ccco1)C[C@@H]1CCCO1. The van der Waals surface area contributed by atoms with Crippen LogP contribution in [-0.2, 0) is 16.8 Å². The molecule has 0 aromatic carbocycles. The Morgan fingerprint density at radius 1 is 1.24 bits per heavy atom. The van der Waals surface area contributed by atoms with E-state index in [4.69, 9.17) is 9.15 Å². The Kier molecular flexibility index (Phi) is 5.73. The number of furan rings is 1. The molecule has 0 saturated carbocycles. The summed E-state index contributed by atoms with van der Waals surface area (Å²) in [6.07, 6.45) is 5.83. The normalized spacial score (nSPS) is 18.4. The third-order valence-electron chi connectivity index (χ3n) is 5.11. The van der Waals surface area contributed by atoms with E-state index in [9.17, 15) is 0 Å². The molecule has 0 bridgehead atoms. The lowest BCUT2D eigenvalue weighted by atomic mass is 10.1. The molecule has 0 amide bonds. The molecule has 3 aromatic rings. The first kappa shape index (κ1) is 19.7. The highest BCUT2D eigenvalue weighted by atomic mass is 16.5. The predicted octanol–water partition coefficient (Wildman–Crippen LogP) is 3.19. The van der Waals surface area contributed by atoms with Crippen molar-refractivity contribution in [3.8, 4) is 0 Å². The summed E-state index contributed by atoms with van der Waals surface area (Å²) in [6.45, 7) is 8.47. The highest BCUT2D eigenvalue weighted by molar-refractivity contribution is 5.18. The third kappa shape index (κ3) is 4.54. The van der Waals surface area contributed by atoms with Crippen LogP contribution in [0, 0.1) is 0 Å². The Bertz CT molecular complexity index is 882. The largest absolute Gasteiger partial charge is 0.468 e. The number of ether oxygens (including phenoxy) is 1. The van der Waals surface area contributed by atoms with Crippen LogP contribution in [0.15, 0.2) is 47.2 Å². The van der Waals surface area contributed by atoms with E-state index in [1.54, 1.807) is 6.26 Å². The van der Waals surface area contributed by atoms with Crippen LogP contribution in [0.1, 0.15) is 56.9 Å². The lowest BCUT2D eigenvalue weighted by Gasteiger charge is -2.33. The standard InChI is InChI=1S/C21H28N6O2/c1-21(2,3)27-20(23-24-25-27)19(18-10-4-5-11-22-18)26(14-16-8-6-12-28-16)15-17-9-7-13-29-17/h4-6,8,10-12,17,19H,7,9,13-15H2,1-3H3/t17-,19+/m0/s1. The third-order valence-corrected chi connectivity index (χ3v) is 5.11. The summed E-state index contributed by atoms with van der Waals surface area (Å²) >= 11 is 0. The van der Waals surface area contributed by atoms with E-state index in [0.717, 1.165) is 43.3 Å². The number of tetrazole rings is 1. The van der Waals surface area contributed by atoms with Crippen LogP contribution in [0.5, 0.6) is 0 Å². The van der Waals surface area contributed by atoms with Crippen LogP contribution in [0.2, 0.25) is 0 Å². The molecule has 29 heavy (non-hydrogen) atoms. The van der Waals surface area contributed by atoms with Gasteiger partial charge in [0.15, 0.2) is 5.82 Å². The summed E-state index contributed by atoms with van der Waals surface area (Å²) in [7, 11) is 0. The molecule has 0 unspecified atom stereocenters. The molecule has 0 aliphatic carbocycles. The molecular formula is C21H28N6O2. The summed E-state index contributed by atoms with van der Waals surface area (Å²) in [6, 6.07) is 9.62. The molecule has 154 valence electrons. The zero-order valence-corrected chi connectivity index (χ0v) is 17.2. The molecule has 1 fully saturated rings. The first-order chi connectivity index (χ1) is 14.0. The van der Waals surface area contributed by atoms with E-state index in [-0.39, 0.29) is 17.7 Å². The molecule has 1 aliphatic heterocycles. The topological polar surface area (TPSA) is 82.1 Å². The van der Waals surface area contributed by atoms with E-state index in [2.05, 4.69) is 46.2 Å². The van der Waals surface area contributed by atoms with Crippen molar-refractivity contribution in [2.45, 2.75) is 57.8 Å². The Morgan fingerprint density at radius 2 is 2.14 bits per heavy atom. The molecule has 0 N–H and O–H groups in total. The zero-order chi connectivity index (χ0) is 20.3. The molecular weight excluding hydrogens is 368 g/mol. The summed E-state index contributed by atoms with van der Waals surface area (Å²) in [5, 5.41) is 12.7. The Morgan fingerprint density at radius 3 is 2.79 bits per heavy atom. The number of aromatic nitrogens is 5. The molecule has 0 spiro atoms. The number of hydrogen-bond acceptors (Lipinski definition) is 7. The monoisotopic (exact) mass is 396 g/mol. The van der Waals surface area contributed by atoms with Crippen molar-refractivity contribution in [1.82, 2.24) is 30.1 Å².